The lowest BCUT2D eigenvalue weighted by Gasteiger charge is -2.23. The van der Waals surface area contributed by atoms with Gasteiger partial charge in [-0.25, -0.2) is 9.97 Å². The Labute approximate surface area is 163 Å². The molecule has 3 aromatic rings. The van der Waals surface area contributed by atoms with Gasteiger partial charge in [0, 0.05) is 36.4 Å². The Bertz CT molecular complexity index is 893. The molecule has 0 spiro atoms. The lowest BCUT2D eigenvalue weighted by molar-refractivity contribution is 0.392. The van der Waals surface area contributed by atoms with Gasteiger partial charge in [0.25, 0.3) is 0 Å². The first kappa shape index (κ1) is 18.0. The fraction of sp³-hybridized carbons (Fsp3) is 0.350. The molecule has 0 amide bonds. The van der Waals surface area contributed by atoms with E-state index in [1.54, 1.807) is 24.3 Å². The van der Waals surface area contributed by atoms with Crippen molar-refractivity contribution in [1.82, 2.24) is 20.3 Å². The minimum atomic E-state index is 0.618. The molecule has 6 nitrogen and oxygen atoms in total. The zero-order valence-corrected chi connectivity index (χ0v) is 16.2. The van der Waals surface area contributed by atoms with E-state index in [4.69, 9.17) is 4.98 Å². The summed E-state index contributed by atoms with van der Waals surface area (Å²) >= 11 is 1.58. The van der Waals surface area contributed by atoms with Gasteiger partial charge in [0.05, 0.1) is 11.2 Å². The normalized spacial score (nSPS) is 17.0. The summed E-state index contributed by atoms with van der Waals surface area (Å²) in [6.07, 6.45) is 7.94. The molecule has 1 saturated heterocycles. The van der Waals surface area contributed by atoms with Crippen LogP contribution < -0.4 is 15.4 Å². The van der Waals surface area contributed by atoms with Crippen molar-refractivity contribution in [3.63, 3.8) is 0 Å². The van der Waals surface area contributed by atoms with Gasteiger partial charge in [-0.2, -0.15) is 0 Å². The van der Waals surface area contributed by atoms with Crippen LogP contribution >= 0.6 is 11.9 Å². The molecule has 140 valence electrons. The number of pyridine rings is 1. The zero-order valence-electron chi connectivity index (χ0n) is 15.4. The van der Waals surface area contributed by atoms with Crippen LogP contribution in [0.1, 0.15) is 12.8 Å². The number of hydrogen-bond donors (Lipinski definition) is 3. The highest BCUT2D eigenvalue weighted by molar-refractivity contribution is 7.99. The van der Waals surface area contributed by atoms with E-state index in [2.05, 4.69) is 49.6 Å². The van der Waals surface area contributed by atoms with Crippen molar-refractivity contribution in [3.8, 4) is 11.3 Å². The van der Waals surface area contributed by atoms with Gasteiger partial charge < -0.3 is 15.4 Å². The van der Waals surface area contributed by atoms with Gasteiger partial charge in [-0.15, -0.1) is 0 Å². The molecule has 7 heteroatoms. The SMILES string of the molecule is CSNc1ccc(-c2cc3nccnc3c(NCC3CCCNC3)n2)cc1. The van der Waals surface area contributed by atoms with Gasteiger partial charge >= 0.3 is 0 Å². The van der Waals surface area contributed by atoms with E-state index in [0.29, 0.717) is 5.92 Å². The van der Waals surface area contributed by atoms with Crippen LogP contribution in [0.2, 0.25) is 0 Å². The minimum Gasteiger partial charge on any atom is -0.368 e. The van der Waals surface area contributed by atoms with Crippen LogP contribution in [0.15, 0.2) is 42.7 Å². The molecule has 1 aliphatic rings. The fourth-order valence-electron chi connectivity index (χ4n) is 3.41. The standard InChI is InChI=1S/C20H24N6S/c1-27-26-16-6-4-15(5-7-16)17-11-18-19(23-10-9-22-18)20(25-17)24-13-14-3-2-8-21-12-14/h4-7,9-11,14,21,26H,2-3,8,12-13H2,1H3,(H,24,25). The van der Waals surface area contributed by atoms with Gasteiger partial charge in [-0.1, -0.05) is 24.1 Å². The topological polar surface area (TPSA) is 74.8 Å². The lowest BCUT2D eigenvalue weighted by Crippen LogP contribution is -2.33. The van der Waals surface area contributed by atoms with Crippen LogP contribution in [0.25, 0.3) is 22.3 Å². The quantitative estimate of drug-likeness (QED) is 0.562. The third-order valence-electron chi connectivity index (χ3n) is 4.81. The summed E-state index contributed by atoms with van der Waals surface area (Å²) in [7, 11) is 0. The minimum absolute atomic E-state index is 0.618. The molecule has 2 aromatic heterocycles. The van der Waals surface area contributed by atoms with Crippen molar-refractivity contribution in [2.45, 2.75) is 12.8 Å². The summed E-state index contributed by atoms with van der Waals surface area (Å²) in [4.78, 5) is 13.9. The fourth-order valence-corrected chi connectivity index (χ4v) is 3.78. The van der Waals surface area contributed by atoms with Crippen molar-refractivity contribution < 1.29 is 0 Å². The first-order valence-corrected chi connectivity index (χ1v) is 10.5. The molecule has 0 bridgehead atoms. The van der Waals surface area contributed by atoms with E-state index in [-0.39, 0.29) is 0 Å². The van der Waals surface area contributed by atoms with Gasteiger partial charge in [-0.3, -0.25) is 4.98 Å². The van der Waals surface area contributed by atoms with Gasteiger partial charge in [0.2, 0.25) is 0 Å². The highest BCUT2D eigenvalue weighted by atomic mass is 32.2. The summed E-state index contributed by atoms with van der Waals surface area (Å²) in [5.41, 5.74) is 4.73. The van der Waals surface area contributed by atoms with E-state index in [0.717, 1.165) is 53.4 Å². The van der Waals surface area contributed by atoms with E-state index in [1.165, 1.54) is 12.8 Å². The van der Waals surface area contributed by atoms with Crippen LogP contribution in [-0.4, -0.2) is 40.8 Å². The average molecular weight is 381 g/mol. The molecule has 27 heavy (non-hydrogen) atoms. The molecule has 1 atom stereocenters. The number of benzene rings is 1. The molecule has 1 fully saturated rings. The van der Waals surface area contributed by atoms with Crippen LogP contribution in [0.4, 0.5) is 11.5 Å². The van der Waals surface area contributed by atoms with Crippen LogP contribution in [-0.2, 0) is 0 Å². The van der Waals surface area contributed by atoms with Crippen molar-refractivity contribution in [2.75, 3.05) is 35.9 Å². The molecule has 4 rings (SSSR count). The highest BCUT2D eigenvalue weighted by Crippen LogP contribution is 2.27. The maximum Gasteiger partial charge on any atom is 0.154 e. The van der Waals surface area contributed by atoms with E-state index < -0.39 is 0 Å². The van der Waals surface area contributed by atoms with Gasteiger partial charge in [-0.05, 0) is 50.0 Å². The summed E-state index contributed by atoms with van der Waals surface area (Å²) in [6, 6.07) is 10.3. The summed E-state index contributed by atoms with van der Waals surface area (Å²) in [5, 5.41) is 6.99. The largest absolute Gasteiger partial charge is 0.368 e. The Morgan fingerprint density at radius 2 is 2.04 bits per heavy atom. The molecule has 1 aliphatic heterocycles. The lowest BCUT2D eigenvalue weighted by atomic mass is 10.00. The Hall–Kier alpha value is -2.38. The number of nitrogens with one attached hydrogen (secondary N) is 3. The first-order valence-electron chi connectivity index (χ1n) is 9.29. The Morgan fingerprint density at radius 3 is 2.81 bits per heavy atom. The molecule has 0 saturated carbocycles. The maximum absolute atomic E-state index is 4.87. The van der Waals surface area contributed by atoms with Gasteiger partial charge in [0.15, 0.2) is 5.82 Å². The van der Waals surface area contributed by atoms with Crippen LogP contribution in [0.5, 0.6) is 0 Å². The number of aromatic nitrogens is 3. The second-order valence-electron chi connectivity index (χ2n) is 6.76. The first-order chi connectivity index (χ1) is 13.3. The van der Waals surface area contributed by atoms with E-state index in [1.807, 2.05) is 12.3 Å². The second-order valence-corrected chi connectivity index (χ2v) is 7.37. The van der Waals surface area contributed by atoms with E-state index in [9.17, 15) is 0 Å². The van der Waals surface area contributed by atoms with Crippen molar-refractivity contribution in [3.05, 3.63) is 42.7 Å². The number of hydrogen-bond acceptors (Lipinski definition) is 7. The van der Waals surface area contributed by atoms with Crippen molar-refractivity contribution >= 4 is 34.5 Å². The highest BCUT2D eigenvalue weighted by Gasteiger charge is 2.15. The predicted octanol–water partition coefficient (Wildman–Crippen LogP) is 3.79. The monoisotopic (exact) mass is 380 g/mol. The number of anilines is 2. The van der Waals surface area contributed by atoms with Gasteiger partial charge in [0.1, 0.15) is 5.52 Å². The third-order valence-corrected chi connectivity index (χ3v) is 5.25. The zero-order chi connectivity index (χ0) is 18.5. The van der Waals surface area contributed by atoms with Crippen LogP contribution in [0, 0.1) is 5.92 Å². The van der Waals surface area contributed by atoms with Crippen molar-refractivity contribution in [2.24, 2.45) is 5.92 Å². The Morgan fingerprint density at radius 1 is 1.19 bits per heavy atom. The summed E-state index contributed by atoms with van der Waals surface area (Å²) in [5.74, 6) is 1.43. The average Bonchev–Trinajstić information content (AvgIpc) is 2.73. The van der Waals surface area contributed by atoms with Crippen molar-refractivity contribution in [1.29, 1.82) is 0 Å². The molecular weight excluding hydrogens is 356 g/mol. The molecule has 0 aliphatic carbocycles. The molecule has 0 radical (unpaired) electrons. The third kappa shape index (κ3) is 4.31. The Kier molecular flexibility index (Phi) is 5.69. The molecule has 3 heterocycles. The molecule has 3 N–H and O–H groups in total. The second kappa shape index (κ2) is 8.54. The molecule has 1 unspecified atom stereocenters. The van der Waals surface area contributed by atoms with Crippen LogP contribution in [0.3, 0.4) is 0 Å². The molecular formula is C20H24N6S. The summed E-state index contributed by atoms with van der Waals surface area (Å²) in [6.45, 7) is 3.08. The maximum atomic E-state index is 4.87. The number of nitrogens with zero attached hydrogens (tertiary/aromatic N) is 3. The predicted molar refractivity (Wildman–Crippen MR) is 114 cm³/mol. The smallest absolute Gasteiger partial charge is 0.154 e. The Balaban J connectivity index is 1.63. The summed E-state index contributed by atoms with van der Waals surface area (Å²) < 4.78 is 3.24. The number of piperidine rings is 1. The molecule has 1 aromatic carbocycles. The number of rotatable bonds is 6. The van der Waals surface area contributed by atoms with E-state index >= 15 is 0 Å². The number of fused-ring (bicyclic) bond motifs is 1.